The van der Waals surface area contributed by atoms with Crippen molar-refractivity contribution in [1.82, 2.24) is 5.32 Å². The summed E-state index contributed by atoms with van der Waals surface area (Å²) in [6.07, 6.45) is 3.27. The van der Waals surface area contributed by atoms with Gasteiger partial charge in [-0.25, -0.2) is 0 Å². The van der Waals surface area contributed by atoms with Crippen molar-refractivity contribution in [1.29, 1.82) is 0 Å². The second-order valence-electron chi connectivity index (χ2n) is 4.14. The summed E-state index contributed by atoms with van der Waals surface area (Å²) in [5.41, 5.74) is 2.62. The first-order valence-electron chi connectivity index (χ1n) is 5.67. The van der Waals surface area contributed by atoms with Crippen LogP contribution >= 0.6 is 0 Å². The van der Waals surface area contributed by atoms with Crippen molar-refractivity contribution in [3.8, 4) is 0 Å². The molecule has 0 saturated carbocycles. The Morgan fingerprint density at radius 3 is 3.12 bits per heavy atom. The minimum absolute atomic E-state index is 0.0378. The summed E-state index contributed by atoms with van der Waals surface area (Å²) in [5.74, 6) is -0.0378. The largest absolute Gasteiger partial charge is 0.375 e. The lowest BCUT2D eigenvalue weighted by molar-refractivity contribution is -0.125. The van der Waals surface area contributed by atoms with Crippen molar-refractivity contribution < 1.29 is 9.53 Å². The maximum absolute atomic E-state index is 11.5. The third-order valence-electron chi connectivity index (χ3n) is 2.98. The number of benzene rings is 1. The van der Waals surface area contributed by atoms with Gasteiger partial charge in [-0.05, 0) is 30.4 Å². The van der Waals surface area contributed by atoms with Crippen LogP contribution in [0.15, 0.2) is 24.3 Å². The van der Waals surface area contributed by atoms with Crippen molar-refractivity contribution in [2.24, 2.45) is 0 Å². The highest BCUT2D eigenvalue weighted by atomic mass is 16.5. The molecule has 0 saturated heterocycles. The van der Waals surface area contributed by atoms with E-state index in [0.29, 0.717) is 0 Å². The molecule has 0 aromatic heterocycles. The van der Waals surface area contributed by atoms with Crippen LogP contribution in [0.1, 0.15) is 30.0 Å². The Hall–Kier alpha value is -1.35. The van der Waals surface area contributed by atoms with Gasteiger partial charge in [-0.3, -0.25) is 4.79 Å². The Morgan fingerprint density at radius 2 is 2.31 bits per heavy atom. The van der Waals surface area contributed by atoms with E-state index in [2.05, 4.69) is 23.5 Å². The van der Waals surface area contributed by atoms with Gasteiger partial charge in [0.2, 0.25) is 5.91 Å². The molecule has 16 heavy (non-hydrogen) atoms. The molecule has 1 aromatic rings. The van der Waals surface area contributed by atoms with Crippen LogP contribution < -0.4 is 5.32 Å². The van der Waals surface area contributed by atoms with E-state index in [0.717, 1.165) is 19.3 Å². The van der Waals surface area contributed by atoms with Gasteiger partial charge >= 0.3 is 0 Å². The quantitative estimate of drug-likeness (QED) is 0.842. The number of ether oxygens (including phenoxy) is 1. The minimum Gasteiger partial charge on any atom is -0.375 e. The van der Waals surface area contributed by atoms with Gasteiger partial charge in [0.1, 0.15) is 6.61 Å². The van der Waals surface area contributed by atoms with Gasteiger partial charge in [-0.1, -0.05) is 24.3 Å². The van der Waals surface area contributed by atoms with E-state index in [-0.39, 0.29) is 18.6 Å². The summed E-state index contributed by atoms with van der Waals surface area (Å²) in [4.78, 5) is 11.5. The molecule has 0 aliphatic heterocycles. The van der Waals surface area contributed by atoms with Crippen molar-refractivity contribution in [3.63, 3.8) is 0 Å². The van der Waals surface area contributed by atoms with Crippen LogP contribution in [0, 0.1) is 0 Å². The Bertz CT molecular complexity index is 376. The van der Waals surface area contributed by atoms with Gasteiger partial charge in [0.25, 0.3) is 0 Å². The number of rotatable bonds is 3. The SMILES string of the molecule is COCC(=O)N[C@H]1CCCc2ccccc21. The lowest BCUT2D eigenvalue weighted by Crippen LogP contribution is -2.33. The topological polar surface area (TPSA) is 38.3 Å². The first kappa shape index (κ1) is 11.1. The molecule has 0 unspecified atom stereocenters. The first-order valence-corrected chi connectivity index (χ1v) is 5.67. The highest BCUT2D eigenvalue weighted by Gasteiger charge is 2.20. The molecule has 1 atom stereocenters. The number of hydrogen-bond acceptors (Lipinski definition) is 2. The lowest BCUT2D eigenvalue weighted by atomic mass is 9.88. The van der Waals surface area contributed by atoms with Crippen LogP contribution in [0.5, 0.6) is 0 Å². The van der Waals surface area contributed by atoms with Gasteiger partial charge in [0.15, 0.2) is 0 Å². The molecular weight excluding hydrogens is 202 g/mol. The Morgan fingerprint density at radius 1 is 1.50 bits per heavy atom. The summed E-state index contributed by atoms with van der Waals surface area (Å²) in [6.45, 7) is 0.138. The van der Waals surface area contributed by atoms with Crippen molar-refractivity contribution >= 4 is 5.91 Å². The monoisotopic (exact) mass is 219 g/mol. The summed E-state index contributed by atoms with van der Waals surface area (Å²) < 4.78 is 4.82. The Balaban J connectivity index is 2.10. The molecule has 1 N–H and O–H groups in total. The predicted molar refractivity (Wildman–Crippen MR) is 62.1 cm³/mol. The van der Waals surface area contributed by atoms with Gasteiger partial charge < -0.3 is 10.1 Å². The normalized spacial score (nSPS) is 18.9. The van der Waals surface area contributed by atoms with Crippen LogP contribution in [0.2, 0.25) is 0 Å². The summed E-state index contributed by atoms with van der Waals surface area (Å²) >= 11 is 0. The Labute approximate surface area is 95.8 Å². The maximum atomic E-state index is 11.5. The number of aryl methyl sites for hydroxylation is 1. The second-order valence-corrected chi connectivity index (χ2v) is 4.14. The molecule has 1 amide bonds. The minimum atomic E-state index is -0.0378. The van der Waals surface area contributed by atoms with Gasteiger partial charge in [0, 0.05) is 7.11 Å². The smallest absolute Gasteiger partial charge is 0.246 e. The summed E-state index contributed by atoms with van der Waals surface area (Å²) in [6, 6.07) is 8.49. The predicted octanol–water partition coefficient (Wildman–Crippen LogP) is 1.83. The molecule has 0 fully saturated rings. The molecule has 2 rings (SSSR count). The number of fused-ring (bicyclic) bond motifs is 1. The average molecular weight is 219 g/mol. The van der Waals surface area contributed by atoms with Crippen LogP contribution in [0.25, 0.3) is 0 Å². The van der Waals surface area contributed by atoms with Crippen molar-refractivity contribution in [3.05, 3.63) is 35.4 Å². The average Bonchev–Trinajstić information content (AvgIpc) is 2.30. The standard InChI is InChI=1S/C13H17NO2/c1-16-9-13(15)14-12-8-4-6-10-5-2-3-7-11(10)12/h2-3,5,7,12H,4,6,8-9H2,1H3,(H,14,15)/t12-/m0/s1. The number of hydrogen-bond donors (Lipinski definition) is 1. The van der Waals surface area contributed by atoms with Crippen LogP contribution in [-0.2, 0) is 16.0 Å². The molecule has 1 aliphatic carbocycles. The lowest BCUT2D eigenvalue weighted by Gasteiger charge is -2.26. The van der Waals surface area contributed by atoms with E-state index in [1.807, 2.05) is 6.07 Å². The van der Waals surface area contributed by atoms with E-state index < -0.39 is 0 Å². The number of nitrogens with one attached hydrogen (secondary N) is 1. The zero-order chi connectivity index (χ0) is 11.4. The van der Waals surface area contributed by atoms with E-state index in [4.69, 9.17) is 4.74 Å². The van der Waals surface area contributed by atoms with E-state index in [9.17, 15) is 4.79 Å². The van der Waals surface area contributed by atoms with E-state index in [1.54, 1.807) is 0 Å². The fourth-order valence-electron chi connectivity index (χ4n) is 2.27. The number of amides is 1. The fraction of sp³-hybridized carbons (Fsp3) is 0.462. The highest BCUT2D eigenvalue weighted by Crippen LogP contribution is 2.29. The van der Waals surface area contributed by atoms with Crippen molar-refractivity contribution in [2.45, 2.75) is 25.3 Å². The van der Waals surface area contributed by atoms with E-state index in [1.165, 1.54) is 18.2 Å². The molecule has 1 aliphatic rings. The molecular formula is C13H17NO2. The third kappa shape index (κ3) is 2.42. The molecule has 0 radical (unpaired) electrons. The van der Waals surface area contributed by atoms with Gasteiger partial charge in [-0.2, -0.15) is 0 Å². The molecule has 3 nitrogen and oxygen atoms in total. The second kappa shape index (κ2) is 5.12. The van der Waals surface area contributed by atoms with Crippen molar-refractivity contribution in [2.75, 3.05) is 13.7 Å². The van der Waals surface area contributed by atoms with Gasteiger partial charge in [0.05, 0.1) is 6.04 Å². The van der Waals surface area contributed by atoms with Crippen LogP contribution in [-0.4, -0.2) is 19.6 Å². The zero-order valence-corrected chi connectivity index (χ0v) is 9.53. The molecule has 0 spiro atoms. The van der Waals surface area contributed by atoms with Crippen LogP contribution in [0.4, 0.5) is 0 Å². The molecule has 1 aromatic carbocycles. The van der Waals surface area contributed by atoms with Crippen LogP contribution in [0.3, 0.4) is 0 Å². The third-order valence-corrected chi connectivity index (χ3v) is 2.98. The molecule has 0 bridgehead atoms. The molecule has 86 valence electrons. The Kier molecular flexibility index (Phi) is 3.57. The summed E-state index contributed by atoms with van der Waals surface area (Å²) in [7, 11) is 1.54. The van der Waals surface area contributed by atoms with Gasteiger partial charge in [-0.15, -0.1) is 0 Å². The molecule has 3 heteroatoms. The fourth-order valence-corrected chi connectivity index (χ4v) is 2.27. The van der Waals surface area contributed by atoms with E-state index >= 15 is 0 Å². The number of carbonyl (C=O) groups is 1. The highest BCUT2D eigenvalue weighted by molar-refractivity contribution is 5.77. The zero-order valence-electron chi connectivity index (χ0n) is 9.53. The molecule has 0 heterocycles. The summed E-state index contributed by atoms with van der Waals surface area (Å²) in [5, 5.41) is 3.01. The number of carbonyl (C=O) groups excluding carboxylic acids is 1. The first-order chi connectivity index (χ1) is 7.81. The maximum Gasteiger partial charge on any atom is 0.246 e. The number of methoxy groups -OCH3 is 1.